The van der Waals surface area contributed by atoms with Crippen LogP contribution in [0.3, 0.4) is 0 Å². The van der Waals surface area contributed by atoms with Crippen molar-refractivity contribution < 1.29 is 0 Å². The summed E-state index contributed by atoms with van der Waals surface area (Å²) in [6.45, 7) is 0. The molecule has 0 amide bonds. The monoisotopic (exact) mass is 378 g/mol. The van der Waals surface area contributed by atoms with E-state index in [1.807, 2.05) is 52.9 Å². The molecule has 2 heterocycles. The van der Waals surface area contributed by atoms with Gasteiger partial charge < -0.3 is 5.73 Å². The highest BCUT2D eigenvalue weighted by Crippen LogP contribution is 2.34. The number of para-hydroxylation sites is 2. The molecular weight excluding hydrogens is 367 g/mol. The number of halogens is 2. The summed E-state index contributed by atoms with van der Waals surface area (Å²) in [5, 5.41) is 2.13. The quantitative estimate of drug-likeness (QED) is 0.386. The van der Waals surface area contributed by atoms with Crippen LogP contribution >= 0.6 is 23.2 Å². The molecule has 5 rings (SSSR count). The first-order chi connectivity index (χ1) is 12.6. The van der Waals surface area contributed by atoms with Gasteiger partial charge in [0.15, 0.2) is 0 Å². The number of aromatic nitrogens is 3. The van der Waals surface area contributed by atoms with Gasteiger partial charge in [0.05, 0.1) is 16.6 Å². The van der Waals surface area contributed by atoms with Gasteiger partial charge in [-0.05, 0) is 48.5 Å². The molecule has 126 valence electrons. The number of fused-ring (bicyclic) bond motifs is 5. The molecule has 4 nitrogen and oxygen atoms in total. The van der Waals surface area contributed by atoms with Crippen LogP contribution in [-0.4, -0.2) is 14.4 Å². The molecule has 0 fully saturated rings. The molecule has 0 saturated carbocycles. The third kappa shape index (κ3) is 2.23. The topological polar surface area (TPSA) is 56.2 Å². The van der Waals surface area contributed by atoms with Gasteiger partial charge in [-0.25, -0.2) is 9.97 Å². The number of nitrogen functional groups attached to an aromatic ring is 1. The Morgan fingerprint density at radius 1 is 0.808 bits per heavy atom. The zero-order chi connectivity index (χ0) is 17.8. The number of rotatable bonds is 1. The van der Waals surface area contributed by atoms with Crippen LogP contribution in [0.5, 0.6) is 0 Å². The maximum absolute atomic E-state index is 6.24. The molecule has 0 unspecified atom stereocenters. The fourth-order valence-electron chi connectivity index (χ4n) is 3.27. The number of anilines is 1. The Morgan fingerprint density at radius 2 is 1.58 bits per heavy atom. The summed E-state index contributed by atoms with van der Waals surface area (Å²) in [7, 11) is 0. The molecule has 0 spiro atoms. The van der Waals surface area contributed by atoms with Crippen LogP contribution in [-0.2, 0) is 0 Å². The summed E-state index contributed by atoms with van der Waals surface area (Å²) in [6, 6.07) is 18.9. The van der Waals surface area contributed by atoms with Gasteiger partial charge in [0, 0.05) is 26.7 Å². The maximum Gasteiger partial charge on any atom is 0.149 e. The second kappa shape index (κ2) is 5.59. The maximum atomic E-state index is 6.24. The second-order valence-corrected chi connectivity index (χ2v) is 6.96. The van der Waals surface area contributed by atoms with Crippen molar-refractivity contribution in [2.24, 2.45) is 0 Å². The minimum Gasteiger partial charge on any atom is -0.398 e. The van der Waals surface area contributed by atoms with Crippen LogP contribution in [0.1, 0.15) is 0 Å². The van der Waals surface area contributed by atoms with E-state index in [1.165, 1.54) is 0 Å². The van der Waals surface area contributed by atoms with Crippen molar-refractivity contribution in [2.45, 2.75) is 0 Å². The van der Waals surface area contributed by atoms with Gasteiger partial charge in [0.25, 0.3) is 0 Å². The summed E-state index contributed by atoms with van der Waals surface area (Å²) < 4.78 is 2.01. The van der Waals surface area contributed by atoms with Gasteiger partial charge in [-0.2, -0.15) is 0 Å². The second-order valence-electron chi connectivity index (χ2n) is 6.09. The smallest absolute Gasteiger partial charge is 0.149 e. The number of hydrogen-bond acceptors (Lipinski definition) is 3. The van der Waals surface area contributed by atoms with Gasteiger partial charge in [-0.3, -0.25) is 4.40 Å². The molecule has 0 atom stereocenters. The molecule has 6 heteroatoms. The standard InChI is InChI=1S/C20H12Cl2N4/c21-11-5-7-15(23)13(9-11)19-24-16-8-6-12(22)10-14(16)20-25-17-3-1-2-4-18(17)26(19)20/h1-10H,23H2. The van der Waals surface area contributed by atoms with Crippen molar-refractivity contribution in [3.05, 3.63) is 70.7 Å². The van der Waals surface area contributed by atoms with E-state index in [0.717, 1.165) is 33.1 Å². The average molecular weight is 379 g/mol. The Kier molecular flexibility index (Phi) is 3.32. The van der Waals surface area contributed by atoms with E-state index < -0.39 is 0 Å². The fraction of sp³-hybridized carbons (Fsp3) is 0. The van der Waals surface area contributed by atoms with Crippen LogP contribution < -0.4 is 5.73 Å². The summed E-state index contributed by atoms with van der Waals surface area (Å²) in [4.78, 5) is 9.68. The van der Waals surface area contributed by atoms with Gasteiger partial charge in [0.1, 0.15) is 11.5 Å². The molecule has 2 aromatic heterocycles. The highest BCUT2D eigenvalue weighted by molar-refractivity contribution is 6.31. The zero-order valence-corrected chi connectivity index (χ0v) is 15.0. The lowest BCUT2D eigenvalue weighted by molar-refractivity contribution is 1.16. The summed E-state index contributed by atoms with van der Waals surface area (Å²) in [5.41, 5.74) is 11.0. The molecule has 2 N–H and O–H groups in total. The van der Waals surface area contributed by atoms with Crippen molar-refractivity contribution in [1.29, 1.82) is 0 Å². The first-order valence-electron chi connectivity index (χ1n) is 8.04. The van der Waals surface area contributed by atoms with Crippen LogP contribution in [0.2, 0.25) is 10.0 Å². The van der Waals surface area contributed by atoms with E-state index in [2.05, 4.69) is 0 Å². The molecule has 26 heavy (non-hydrogen) atoms. The lowest BCUT2D eigenvalue weighted by Gasteiger charge is -2.11. The Labute approximate surface area is 158 Å². The molecule has 3 aromatic carbocycles. The molecule has 0 aliphatic carbocycles. The van der Waals surface area contributed by atoms with Crippen LogP contribution in [0.4, 0.5) is 5.69 Å². The van der Waals surface area contributed by atoms with Gasteiger partial charge in [0.2, 0.25) is 0 Å². The fourth-order valence-corrected chi connectivity index (χ4v) is 3.62. The number of hydrogen-bond donors (Lipinski definition) is 1. The van der Waals surface area contributed by atoms with E-state index in [9.17, 15) is 0 Å². The number of imidazole rings is 1. The SMILES string of the molecule is Nc1ccc(Cl)cc1-c1nc2ccc(Cl)cc2c2nc3ccccc3n12. The predicted molar refractivity (Wildman–Crippen MR) is 108 cm³/mol. The van der Waals surface area contributed by atoms with Crippen molar-refractivity contribution in [3.8, 4) is 11.4 Å². The van der Waals surface area contributed by atoms with Crippen molar-refractivity contribution in [3.63, 3.8) is 0 Å². The lowest BCUT2D eigenvalue weighted by Crippen LogP contribution is -2.00. The predicted octanol–water partition coefficient (Wildman–Crippen LogP) is 5.59. The van der Waals surface area contributed by atoms with Gasteiger partial charge in [-0.1, -0.05) is 35.3 Å². The number of nitrogens with two attached hydrogens (primary N) is 1. The third-order valence-electron chi connectivity index (χ3n) is 4.45. The Bertz CT molecular complexity index is 1320. The van der Waals surface area contributed by atoms with E-state index in [1.54, 1.807) is 12.1 Å². The lowest BCUT2D eigenvalue weighted by atomic mass is 10.1. The first kappa shape index (κ1) is 15.4. The minimum absolute atomic E-state index is 0.602. The number of nitrogens with zero attached hydrogens (tertiary/aromatic N) is 3. The van der Waals surface area contributed by atoms with E-state index >= 15 is 0 Å². The van der Waals surface area contributed by atoms with Crippen molar-refractivity contribution in [2.75, 3.05) is 5.73 Å². The largest absolute Gasteiger partial charge is 0.398 e. The summed E-state index contributed by atoms with van der Waals surface area (Å²) in [6.07, 6.45) is 0. The molecule has 0 radical (unpaired) electrons. The minimum atomic E-state index is 0.602. The van der Waals surface area contributed by atoms with Crippen LogP contribution in [0.15, 0.2) is 60.7 Å². The number of benzene rings is 3. The molecular formula is C20H12Cl2N4. The van der Waals surface area contributed by atoms with Crippen LogP contribution in [0, 0.1) is 0 Å². The normalized spacial score (nSPS) is 11.6. The first-order valence-corrected chi connectivity index (χ1v) is 8.79. The van der Waals surface area contributed by atoms with Crippen LogP contribution in [0.25, 0.3) is 39.0 Å². The van der Waals surface area contributed by atoms with Gasteiger partial charge in [-0.15, -0.1) is 0 Å². The summed E-state index contributed by atoms with van der Waals surface area (Å²) in [5.74, 6) is 0.698. The van der Waals surface area contributed by atoms with E-state index in [0.29, 0.717) is 21.6 Å². The Hall–Kier alpha value is -2.82. The average Bonchev–Trinajstić information content (AvgIpc) is 3.03. The Balaban J connectivity index is 2.04. The molecule has 5 aromatic rings. The summed E-state index contributed by atoms with van der Waals surface area (Å²) >= 11 is 12.4. The molecule has 0 saturated heterocycles. The molecule has 0 aliphatic heterocycles. The van der Waals surface area contributed by atoms with E-state index in [4.69, 9.17) is 38.9 Å². The molecule has 0 aliphatic rings. The highest BCUT2D eigenvalue weighted by Gasteiger charge is 2.17. The van der Waals surface area contributed by atoms with E-state index in [-0.39, 0.29) is 0 Å². The van der Waals surface area contributed by atoms with Crippen molar-refractivity contribution >= 4 is 56.5 Å². The highest BCUT2D eigenvalue weighted by atomic mass is 35.5. The Morgan fingerprint density at radius 3 is 2.46 bits per heavy atom. The zero-order valence-electron chi connectivity index (χ0n) is 13.4. The molecule has 0 bridgehead atoms. The van der Waals surface area contributed by atoms with Gasteiger partial charge >= 0.3 is 0 Å². The van der Waals surface area contributed by atoms with Crippen molar-refractivity contribution in [1.82, 2.24) is 14.4 Å². The third-order valence-corrected chi connectivity index (χ3v) is 4.92.